The summed E-state index contributed by atoms with van der Waals surface area (Å²) in [5.41, 5.74) is 0.806. The average Bonchev–Trinajstić information content (AvgIpc) is 2.30. The normalized spacial score (nSPS) is 9.81. The Morgan fingerprint density at radius 1 is 1.38 bits per heavy atom. The van der Waals surface area contributed by atoms with Gasteiger partial charge in [-0.15, -0.1) is 0 Å². The molecule has 0 amide bonds. The Bertz CT molecular complexity index is 376. The lowest BCUT2D eigenvalue weighted by Gasteiger charge is -2.09. The van der Waals surface area contributed by atoms with Crippen LogP contribution >= 0.6 is 15.9 Å². The van der Waals surface area contributed by atoms with Gasteiger partial charge in [-0.3, -0.25) is 0 Å². The summed E-state index contributed by atoms with van der Waals surface area (Å²) in [6.45, 7) is 0.563. The van der Waals surface area contributed by atoms with Gasteiger partial charge in [-0.2, -0.15) is 5.26 Å². The largest absolute Gasteiger partial charge is 0.493 e. The molecule has 86 valence electrons. The molecule has 0 fully saturated rings. The van der Waals surface area contributed by atoms with Crippen molar-refractivity contribution in [1.29, 1.82) is 5.26 Å². The van der Waals surface area contributed by atoms with Crippen molar-refractivity contribution in [2.45, 2.75) is 24.6 Å². The molecular weight excluding hydrogens is 273 g/mol. The van der Waals surface area contributed by atoms with Crippen molar-refractivity contribution >= 4 is 15.9 Å². The van der Waals surface area contributed by atoms with Crippen molar-refractivity contribution in [3.8, 4) is 11.8 Å². The lowest BCUT2D eigenvalue weighted by Crippen LogP contribution is -1.99. The molecule has 0 N–H and O–H groups in total. The van der Waals surface area contributed by atoms with Crippen LogP contribution in [0.15, 0.2) is 18.2 Å². The first-order chi connectivity index (χ1) is 7.77. The van der Waals surface area contributed by atoms with Gasteiger partial charge in [0.1, 0.15) is 11.6 Å². The summed E-state index contributed by atoms with van der Waals surface area (Å²) in [5, 5.41) is 8.92. The van der Waals surface area contributed by atoms with Crippen LogP contribution in [0.4, 0.5) is 4.39 Å². The van der Waals surface area contributed by atoms with Gasteiger partial charge in [-0.25, -0.2) is 4.39 Å². The van der Waals surface area contributed by atoms with Crippen LogP contribution in [-0.4, -0.2) is 6.61 Å². The van der Waals surface area contributed by atoms with Crippen LogP contribution < -0.4 is 4.74 Å². The van der Waals surface area contributed by atoms with Crippen LogP contribution in [0.2, 0.25) is 0 Å². The highest BCUT2D eigenvalue weighted by atomic mass is 79.9. The molecule has 0 aliphatic rings. The van der Waals surface area contributed by atoms with Gasteiger partial charge in [0.2, 0.25) is 0 Å². The molecule has 0 heterocycles. The fourth-order valence-electron chi connectivity index (χ4n) is 1.28. The number of nitriles is 1. The molecule has 0 aliphatic heterocycles. The van der Waals surface area contributed by atoms with Crippen LogP contribution in [-0.2, 0) is 5.33 Å². The van der Waals surface area contributed by atoms with E-state index < -0.39 is 0 Å². The molecule has 16 heavy (non-hydrogen) atoms. The van der Waals surface area contributed by atoms with Gasteiger partial charge in [-0.1, -0.05) is 15.9 Å². The third kappa shape index (κ3) is 4.19. The van der Waals surface area contributed by atoms with E-state index in [0.717, 1.165) is 18.4 Å². The highest BCUT2D eigenvalue weighted by Gasteiger charge is 2.03. The van der Waals surface area contributed by atoms with Gasteiger partial charge in [0, 0.05) is 17.3 Å². The first kappa shape index (κ1) is 13.0. The van der Waals surface area contributed by atoms with E-state index in [2.05, 4.69) is 22.0 Å². The molecule has 0 saturated heterocycles. The van der Waals surface area contributed by atoms with E-state index >= 15 is 0 Å². The van der Waals surface area contributed by atoms with Crippen molar-refractivity contribution in [2.75, 3.05) is 6.61 Å². The zero-order valence-corrected chi connectivity index (χ0v) is 10.5. The predicted molar refractivity (Wildman–Crippen MR) is 64.0 cm³/mol. The molecule has 0 aliphatic carbocycles. The maximum absolute atomic E-state index is 12.9. The van der Waals surface area contributed by atoms with E-state index in [4.69, 9.17) is 10.00 Å². The van der Waals surface area contributed by atoms with Crippen molar-refractivity contribution in [1.82, 2.24) is 0 Å². The van der Waals surface area contributed by atoms with Gasteiger partial charge in [0.05, 0.1) is 12.7 Å². The summed E-state index contributed by atoms with van der Waals surface area (Å²) in [4.78, 5) is 0. The summed E-state index contributed by atoms with van der Waals surface area (Å²) in [5.74, 6) is 0.446. The lowest BCUT2D eigenvalue weighted by atomic mass is 10.2. The topological polar surface area (TPSA) is 33.0 Å². The van der Waals surface area contributed by atoms with Crippen molar-refractivity contribution < 1.29 is 9.13 Å². The van der Waals surface area contributed by atoms with Crippen molar-refractivity contribution in [3.05, 3.63) is 29.6 Å². The third-order valence-electron chi connectivity index (χ3n) is 2.11. The van der Waals surface area contributed by atoms with Crippen LogP contribution in [0.25, 0.3) is 0 Å². The van der Waals surface area contributed by atoms with Gasteiger partial charge in [0.25, 0.3) is 0 Å². The van der Waals surface area contributed by atoms with E-state index in [-0.39, 0.29) is 5.82 Å². The monoisotopic (exact) mass is 285 g/mol. The lowest BCUT2D eigenvalue weighted by molar-refractivity contribution is 0.305. The summed E-state index contributed by atoms with van der Waals surface area (Å²) in [7, 11) is 0. The molecule has 0 radical (unpaired) electrons. The quantitative estimate of drug-likeness (QED) is 0.588. The number of hydrogen-bond acceptors (Lipinski definition) is 2. The van der Waals surface area contributed by atoms with Gasteiger partial charge >= 0.3 is 0 Å². The first-order valence-corrected chi connectivity index (χ1v) is 6.24. The molecule has 4 heteroatoms. The fraction of sp³-hybridized carbons (Fsp3) is 0.417. The van der Waals surface area contributed by atoms with Crippen LogP contribution in [0, 0.1) is 17.1 Å². The SMILES string of the molecule is N#CCCCCOc1ccc(F)cc1CBr. The Morgan fingerprint density at radius 2 is 2.19 bits per heavy atom. The Balaban J connectivity index is 2.44. The molecular formula is C12H13BrFNO. The molecule has 0 atom stereocenters. The summed E-state index contributed by atoms with van der Waals surface area (Å²) in [6.07, 6.45) is 2.23. The highest BCUT2D eigenvalue weighted by Crippen LogP contribution is 2.22. The van der Waals surface area contributed by atoms with E-state index in [1.165, 1.54) is 12.1 Å². The molecule has 0 bridgehead atoms. The number of hydrogen-bond donors (Lipinski definition) is 0. The Labute approximate surface area is 103 Å². The minimum absolute atomic E-state index is 0.258. The van der Waals surface area contributed by atoms with Gasteiger partial charge < -0.3 is 4.74 Å². The molecule has 1 aromatic rings. The second kappa shape index (κ2) is 7.24. The smallest absolute Gasteiger partial charge is 0.123 e. The number of halogens is 2. The Hall–Kier alpha value is -1.08. The second-order valence-electron chi connectivity index (χ2n) is 3.35. The fourth-order valence-corrected chi connectivity index (χ4v) is 1.72. The van der Waals surface area contributed by atoms with Crippen molar-refractivity contribution in [2.24, 2.45) is 0 Å². The van der Waals surface area contributed by atoms with Crippen LogP contribution in [0.5, 0.6) is 5.75 Å². The molecule has 0 spiro atoms. The second-order valence-corrected chi connectivity index (χ2v) is 3.91. The molecule has 0 aromatic heterocycles. The molecule has 0 saturated carbocycles. The number of alkyl halides is 1. The van der Waals surface area contributed by atoms with Crippen LogP contribution in [0.1, 0.15) is 24.8 Å². The molecule has 2 nitrogen and oxygen atoms in total. The predicted octanol–water partition coefficient (Wildman–Crippen LogP) is 3.79. The van der Waals surface area contributed by atoms with E-state index in [9.17, 15) is 4.39 Å². The van der Waals surface area contributed by atoms with Gasteiger partial charge in [-0.05, 0) is 31.0 Å². The summed E-state index contributed by atoms with van der Waals surface area (Å²) < 4.78 is 18.4. The standard InChI is InChI=1S/C12H13BrFNO/c13-9-10-8-11(14)4-5-12(10)16-7-3-1-2-6-15/h4-5,8H,1-3,7,9H2. The number of ether oxygens (including phenoxy) is 1. The Morgan fingerprint density at radius 3 is 2.88 bits per heavy atom. The minimum atomic E-state index is -0.258. The van der Waals surface area contributed by atoms with Crippen LogP contribution in [0.3, 0.4) is 0 Å². The van der Waals surface area contributed by atoms with E-state index in [1.54, 1.807) is 6.07 Å². The number of rotatable bonds is 6. The van der Waals surface area contributed by atoms with Gasteiger partial charge in [0.15, 0.2) is 0 Å². The number of nitrogens with zero attached hydrogens (tertiary/aromatic N) is 1. The third-order valence-corrected chi connectivity index (χ3v) is 2.71. The maximum Gasteiger partial charge on any atom is 0.123 e. The average molecular weight is 286 g/mol. The molecule has 0 unspecified atom stereocenters. The zero-order chi connectivity index (χ0) is 11.8. The van der Waals surface area contributed by atoms with E-state index in [1.807, 2.05) is 0 Å². The number of benzene rings is 1. The maximum atomic E-state index is 12.9. The Kier molecular flexibility index (Phi) is 5.87. The zero-order valence-electron chi connectivity index (χ0n) is 8.88. The molecule has 1 rings (SSSR count). The summed E-state index contributed by atoms with van der Waals surface area (Å²) in [6, 6.07) is 6.56. The minimum Gasteiger partial charge on any atom is -0.493 e. The molecule has 1 aromatic carbocycles. The number of unbranched alkanes of at least 4 members (excludes halogenated alkanes) is 2. The summed E-state index contributed by atoms with van der Waals surface area (Å²) >= 11 is 3.29. The highest BCUT2D eigenvalue weighted by molar-refractivity contribution is 9.08. The first-order valence-electron chi connectivity index (χ1n) is 5.12. The van der Waals surface area contributed by atoms with Crippen molar-refractivity contribution in [3.63, 3.8) is 0 Å². The van der Waals surface area contributed by atoms with E-state index in [0.29, 0.717) is 24.1 Å².